The van der Waals surface area contributed by atoms with Crippen LogP contribution in [-0.4, -0.2) is 9.97 Å². The number of hydrogen-bond acceptors (Lipinski definition) is 5. The number of thiol groups is 1. The molecule has 0 amide bonds. The summed E-state index contributed by atoms with van der Waals surface area (Å²) in [4.78, 5) is 8.52. The third-order valence-electron chi connectivity index (χ3n) is 1.03. The van der Waals surface area contributed by atoms with Crippen molar-refractivity contribution in [1.82, 2.24) is 9.97 Å². The average Bonchev–Trinajstić information content (AvgIpc) is 1.94. The summed E-state index contributed by atoms with van der Waals surface area (Å²) in [6.07, 6.45) is 1.60. The summed E-state index contributed by atoms with van der Waals surface area (Å²) < 4.78 is 0. The Hall–Kier alpha value is -0.810. The Morgan fingerprint density at radius 1 is 1.70 bits per heavy atom. The maximum Gasteiger partial charge on any atom is 0.157 e. The molecule has 1 aromatic rings. The van der Waals surface area contributed by atoms with Crippen molar-refractivity contribution in [2.24, 2.45) is 5.84 Å². The van der Waals surface area contributed by atoms with Crippen molar-refractivity contribution in [3.05, 3.63) is 12.0 Å². The zero-order valence-electron chi connectivity index (χ0n) is 5.50. The van der Waals surface area contributed by atoms with Crippen LogP contribution in [0.15, 0.2) is 11.1 Å². The largest absolute Gasteiger partial charge is 0.307 e. The van der Waals surface area contributed by atoms with Crippen molar-refractivity contribution in [1.29, 1.82) is 0 Å². The molecule has 5 heteroatoms. The Morgan fingerprint density at radius 3 is 2.90 bits per heavy atom. The zero-order chi connectivity index (χ0) is 7.56. The molecule has 1 aromatic heterocycles. The molecule has 0 aliphatic carbocycles. The second-order valence-electron chi connectivity index (χ2n) is 1.80. The summed E-state index contributed by atoms with van der Waals surface area (Å²) in [5.41, 5.74) is 2.41. The predicted octanol–water partition coefficient (Wildman–Crippen LogP) is 0.359. The molecule has 10 heavy (non-hydrogen) atoms. The lowest BCUT2D eigenvalue weighted by Crippen LogP contribution is -2.10. The van der Waals surface area contributed by atoms with Crippen molar-refractivity contribution in [2.45, 2.75) is 11.8 Å². The summed E-state index contributed by atoms with van der Waals surface area (Å²) in [5.74, 6) is 6.35. The second kappa shape index (κ2) is 2.85. The summed E-state index contributed by atoms with van der Waals surface area (Å²) in [7, 11) is 0. The smallest absolute Gasteiger partial charge is 0.157 e. The van der Waals surface area contributed by atoms with Crippen molar-refractivity contribution >= 4 is 18.4 Å². The molecule has 3 N–H and O–H groups in total. The monoisotopic (exact) mass is 156 g/mol. The fourth-order valence-corrected chi connectivity index (χ4v) is 0.742. The summed E-state index contributed by atoms with van der Waals surface area (Å²) in [6, 6.07) is 0. The van der Waals surface area contributed by atoms with Gasteiger partial charge in [0.2, 0.25) is 0 Å². The van der Waals surface area contributed by atoms with E-state index in [-0.39, 0.29) is 0 Å². The van der Waals surface area contributed by atoms with E-state index in [0.717, 1.165) is 0 Å². The lowest BCUT2D eigenvalue weighted by Gasteiger charge is -2.01. The van der Waals surface area contributed by atoms with E-state index in [2.05, 4.69) is 28.0 Å². The van der Waals surface area contributed by atoms with Gasteiger partial charge in [0.05, 0.1) is 4.90 Å². The van der Waals surface area contributed by atoms with Crippen LogP contribution in [0.3, 0.4) is 0 Å². The van der Waals surface area contributed by atoms with Gasteiger partial charge in [0.1, 0.15) is 5.82 Å². The maximum atomic E-state index is 5.13. The van der Waals surface area contributed by atoms with Gasteiger partial charge in [-0.3, -0.25) is 0 Å². The molecule has 0 saturated carbocycles. The topological polar surface area (TPSA) is 63.8 Å². The molecule has 0 aliphatic heterocycles. The van der Waals surface area contributed by atoms with Gasteiger partial charge in [-0.1, -0.05) is 0 Å². The molecule has 0 aromatic carbocycles. The van der Waals surface area contributed by atoms with Crippen LogP contribution >= 0.6 is 12.6 Å². The van der Waals surface area contributed by atoms with E-state index in [0.29, 0.717) is 16.5 Å². The molecule has 0 saturated heterocycles. The van der Waals surface area contributed by atoms with Crippen LogP contribution in [0.5, 0.6) is 0 Å². The van der Waals surface area contributed by atoms with E-state index in [1.165, 1.54) is 0 Å². The number of nitrogens with one attached hydrogen (secondary N) is 1. The molecule has 54 valence electrons. The minimum atomic E-state index is 0.552. The number of nitrogen functional groups attached to an aromatic ring is 1. The molecule has 1 rings (SSSR count). The normalized spacial score (nSPS) is 9.50. The second-order valence-corrected chi connectivity index (χ2v) is 2.28. The van der Waals surface area contributed by atoms with Gasteiger partial charge in [0, 0.05) is 6.20 Å². The van der Waals surface area contributed by atoms with Crippen molar-refractivity contribution in [3.8, 4) is 0 Å². The summed E-state index contributed by atoms with van der Waals surface area (Å²) in [6.45, 7) is 1.79. The highest BCUT2D eigenvalue weighted by atomic mass is 32.1. The van der Waals surface area contributed by atoms with Gasteiger partial charge in [0.15, 0.2) is 5.82 Å². The van der Waals surface area contributed by atoms with Gasteiger partial charge < -0.3 is 5.43 Å². The minimum absolute atomic E-state index is 0.552. The number of aromatic nitrogens is 2. The van der Waals surface area contributed by atoms with Crippen LogP contribution in [0.2, 0.25) is 0 Å². The highest BCUT2D eigenvalue weighted by Gasteiger charge is 1.97. The van der Waals surface area contributed by atoms with E-state index in [1.54, 1.807) is 13.1 Å². The number of aryl methyl sites for hydroxylation is 1. The number of hydrazine groups is 1. The van der Waals surface area contributed by atoms with Gasteiger partial charge in [0.25, 0.3) is 0 Å². The fraction of sp³-hybridized carbons (Fsp3) is 0.200. The highest BCUT2D eigenvalue weighted by molar-refractivity contribution is 7.80. The van der Waals surface area contributed by atoms with Crippen LogP contribution in [0, 0.1) is 6.92 Å². The Kier molecular flexibility index (Phi) is 2.08. The Bertz CT molecular complexity index is 237. The van der Waals surface area contributed by atoms with Crippen LogP contribution in [0.25, 0.3) is 0 Å². The molecule has 0 radical (unpaired) electrons. The van der Waals surface area contributed by atoms with E-state index in [4.69, 9.17) is 5.84 Å². The van der Waals surface area contributed by atoms with Crippen LogP contribution in [-0.2, 0) is 0 Å². The van der Waals surface area contributed by atoms with Crippen LogP contribution in [0.4, 0.5) is 5.82 Å². The molecule has 1 heterocycles. The number of rotatable bonds is 1. The van der Waals surface area contributed by atoms with Crippen molar-refractivity contribution in [2.75, 3.05) is 5.43 Å². The molecular formula is C5H8N4S. The first kappa shape index (κ1) is 7.30. The Morgan fingerprint density at radius 2 is 2.40 bits per heavy atom. The van der Waals surface area contributed by atoms with Gasteiger partial charge in [-0.05, 0) is 6.92 Å². The van der Waals surface area contributed by atoms with Crippen LogP contribution < -0.4 is 11.3 Å². The highest BCUT2D eigenvalue weighted by Crippen LogP contribution is 2.13. The maximum absolute atomic E-state index is 5.13. The number of nitrogens with two attached hydrogens (primary N) is 1. The summed E-state index contributed by atoms with van der Waals surface area (Å²) in [5, 5.41) is 0. The van der Waals surface area contributed by atoms with Crippen molar-refractivity contribution < 1.29 is 0 Å². The fourth-order valence-electron chi connectivity index (χ4n) is 0.570. The van der Waals surface area contributed by atoms with E-state index in [1.807, 2.05) is 0 Å². The predicted molar refractivity (Wildman–Crippen MR) is 41.8 cm³/mol. The average molecular weight is 156 g/mol. The van der Waals surface area contributed by atoms with Gasteiger partial charge in [-0.15, -0.1) is 12.6 Å². The SMILES string of the molecule is Cc1ncc(S)c(NN)n1. The molecule has 0 spiro atoms. The molecule has 0 atom stereocenters. The quantitative estimate of drug-likeness (QED) is 0.312. The molecule has 0 aliphatic rings. The first-order valence-electron chi connectivity index (χ1n) is 2.73. The van der Waals surface area contributed by atoms with E-state index < -0.39 is 0 Å². The first-order valence-corrected chi connectivity index (χ1v) is 3.18. The standard InChI is InChI=1S/C5H8N4S/c1-3-7-2-4(10)5(8-3)9-6/h2,10H,6H2,1H3,(H,7,8,9). The third-order valence-corrected chi connectivity index (χ3v) is 1.35. The third kappa shape index (κ3) is 1.37. The molecule has 4 nitrogen and oxygen atoms in total. The zero-order valence-corrected chi connectivity index (χ0v) is 6.39. The molecule has 0 fully saturated rings. The van der Waals surface area contributed by atoms with Gasteiger partial charge >= 0.3 is 0 Å². The molecular weight excluding hydrogens is 148 g/mol. The van der Waals surface area contributed by atoms with Crippen molar-refractivity contribution in [3.63, 3.8) is 0 Å². The minimum Gasteiger partial charge on any atom is -0.307 e. The summed E-state index contributed by atoms with van der Waals surface area (Å²) >= 11 is 4.06. The lowest BCUT2D eigenvalue weighted by molar-refractivity contribution is 1.00. The van der Waals surface area contributed by atoms with E-state index in [9.17, 15) is 0 Å². The first-order chi connectivity index (χ1) is 4.74. The lowest BCUT2D eigenvalue weighted by atomic mass is 10.5. The molecule has 0 unspecified atom stereocenters. The number of hydrogen-bond donors (Lipinski definition) is 3. The Balaban J connectivity index is 3.09. The van der Waals surface area contributed by atoms with Gasteiger partial charge in [-0.25, -0.2) is 15.8 Å². The van der Waals surface area contributed by atoms with Gasteiger partial charge in [-0.2, -0.15) is 0 Å². The number of anilines is 1. The van der Waals surface area contributed by atoms with Crippen LogP contribution in [0.1, 0.15) is 5.82 Å². The number of nitrogens with zero attached hydrogens (tertiary/aromatic N) is 2. The Labute approximate surface area is 64.3 Å². The molecule has 0 bridgehead atoms. The van der Waals surface area contributed by atoms with E-state index >= 15 is 0 Å².